The maximum atomic E-state index is 5.92. The quantitative estimate of drug-likeness (QED) is 0.876. The van der Waals surface area contributed by atoms with Gasteiger partial charge in [-0.1, -0.05) is 0 Å². The van der Waals surface area contributed by atoms with Crippen LogP contribution in [0, 0.1) is 0 Å². The highest BCUT2D eigenvalue weighted by Crippen LogP contribution is 2.11. The van der Waals surface area contributed by atoms with Crippen LogP contribution >= 0.6 is 15.9 Å². The Labute approximate surface area is 92.8 Å². The molecule has 0 bridgehead atoms. The van der Waals surface area contributed by atoms with E-state index in [0.29, 0.717) is 6.61 Å². The predicted octanol–water partition coefficient (Wildman–Crippen LogP) is 1.75. The summed E-state index contributed by atoms with van der Waals surface area (Å²) in [5.74, 6) is 0. The van der Waals surface area contributed by atoms with Crippen molar-refractivity contribution in [3.05, 3.63) is 28.5 Å². The second kappa shape index (κ2) is 6.11. The molecule has 1 unspecified atom stereocenters. The summed E-state index contributed by atoms with van der Waals surface area (Å²) in [5, 5.41) is 0. The molecule has 0 spiro atoms. The maximum absolute atomic E-state index is 5.92. The van der Waals surface area contributed by atoms with Crippen molar-refractivity contribution in [2.24, 2.45) is 5.73 Å². The summed E-state index contributed by atoms with van der Waals surface area (Å²) in [4.78, 5) is 4.08. The fraction of sp³-hybridized carbons (Fsp3) is 0.500. The Balaban J connectivity index is 2.43. The molecule has 3 nitrogen and oxygen atoms in total. The van der Waals surface area contributed by atoms with Crippen LogP contribution < -0.4 is 5.73 Å². The first-order valence-corrected chi connectivity index (χ1v) is 5.35. The van der Waals surface area contributed by atoms with Gasteiger partial charge < -0.3 is 10.5 Å². The van der Waals surface area contributed by atoms with Crippen LogP contribution in [0.15, 0.2) is 22.9 Å². The number of pyridine rings is 1. The van der Waals surface area contributed by atoms with E-state index < -0.39 is 0 Å². The molecule has 1 rings (SSSR count). The molecule has 0 aliphatic heterocycles. The van der Waals surface area contributed by atoms with E-state index >= 15 is 0 Å². The second-order valence-electron chi connectivity index (χ2n) is 3.26. The molecular weight excluding hydrogens is 244 g/mol. The minimum atomic E-state index is 0.144. The lowest BCUT2D eigenvalue weighted by molar-refractivity contribution is 0.188. The first-order chi connectivity index (χ1) is 6.72. The Bertz CT molecular complexity index is 281. The topological polar surface area (TPSA) is 48.1 Å². The summed E-state index contributed by atoms with van der Waals surface area (Å²) in [6, 6.07) is 2.19. The number of rotatable bonds is 5. The molecule has 0 aliphatic rings. The monoisotopic (exact) mass is 258 g/mol. The third kappa shape index (κ3) is 4.17. The van der Waals surface area contributed by atoms with E-state index in [9.17, 15) is 0 Å². The number of halogens is 1. The smallest absolute Gasteiger partial charge is 0.0477 e. The number of nitrogens with two attached hydrogens (primary N) is 1. The van der Waals surface area contributed by atoms with Crippen molar-refractivity contribution in [2.75, 3.05) is 13.7 Å². The number of nitrogens with zero attached hydrogens (tertiary/aromatic N) is 1. The first-order valence-electron chi connectivity index (χ1n) is 4.56. The van der Waals surface area contributed by atoms with Crippen molar-refractivity contribution >= 4 is 15.9 Å². The van der Waals surface area contributed by atoms with Gasteiger partial charge in [0.25, 0.3) is 0 Å². The van der Waals surface area contributed by atoms with Gasteiger partial charge in [-0.3, -0.25) is 4.98 Å². The van der Waals surface area contributed by atoms with Crippen molar-refractivity contribution < 1.29 is 4.74 Å². The molecule has 0 radical (unpaired) electrons. The first kappa shape index (κ1) is 11.6. The molecule has 14 heavy (non-hydrogen) atoms. The van der Waals surface area contributed by atoms with Crippen molar-refractivity contribution in [1.29, 1.82) is 0 Å². The normalized spacial score (nSPS) is 12.8. The van der Waals surface area contributed by atoms with Gasteiger partial charge in [-0.2, -0.15) is 0 Å². The minimum Gasteiger partial charge on any atom is -0.385 e. The average molecular weight is 259 g/mol. The Hall–Kier alpha value is -0.450. The summed E-state index contributed by atoms with van der Waals surface area (Å²) in [7, 11) is 1.69. The highest BCUT2D eigenvalue weighted by molar-refractivity contribution is 9.10. The van der Waals surface area contributed by atoms with Crippen molar-refractivity contribution in [3.8, 4) is 0 Å². The molecule has 0 aliphatic carbocycles. The largest absolute Gasteiger partial charge is 0.385 e. The molecule has 1 aromatic rings. The van der Waals surface area contributed by atoms with Gasteiger partial charge in [-0.05, 0) is 40.4 Å². The van der Waals surface area contributed by atoms with E-state index in [1.807, 2.05) is 12.3 Å². The SMILES string of the molecule is COCCC(N)Cc1cncc(Br)c1. The van der Waals surface area contributed by atoms with Gasteiger partial charge in [0.2, 0.25) is 0 Å². The van der Waals surface area contributed by atoms with Crippen LogP contribution in [0.5, 0.6) is 0 Å². The molecule has 78 valence electrons. The van der Waals surface area contributed by atoms with Crippen LogP contribution in [0.25, 0.3) is 0 Å². The lowest BCUT2D eigenvalue weighted by Crippen LogP contribution is -2.24. The summed E-state index contributed by atoms with van der Waals surface area (Å²) in [6.45, 7) is 0.711. The molecule has 0 saturated heterocycles. The Kier molecular flexibility index (Phi) is 5.07. The van der Waals surface area contributed by atoms with E-state index in [0.717, 1.165) is 22.9 Å². The summed E-state index contributed by atoms with van der Waals surface area (Å²) in [6.07, 6.45) is 5.33. The highest BCUT2D eigenvalue weighted by atomic mass is 79.9. The van der Waals surface area contributed by atoms with E-state index in [-0.39, 0.29) is 6.04 Å². The summed E-state index contributed by atoms with van der Waals surface area (Å²) >= 11 is 3.38. The molecule has 2 N–H and O–H groups in total. The van der Waals surface area contributed by atoms with E-state index in [2.05, 4.69) is 20.9 Å². The number of hydrogen-bond acceptors (Lipinski definition) is 3. The molecular formula is C10H15BrN2O. The number of methoxy groups -OCH3 is 1. The van der Waals surface area contributed by atoms with Crippen molar-refractivity contribution in [3.63, 3.8) is 0 Å². The lowest BCUT2D eigenvalue weighted by atomic mass is 10.1. The third-order valence-electron chi connectivity index (χ3n) is 1.95. The Morgan fingerprint density at radius 3 is 3.00 bits per heavy atom. The molecule has 1 aromatic heterocycles. The van der Waals surface area contributed by atoms with Crippen molar-refractivity contribution in [2.45, 2.75) is 18.9 Å². The van der Waals surface area contributed by atoms with E-state index in [1.165, 1.54) is 0 Å². The third-order valence-corrected chi connectivity index (χ3v) is 2.39. The summed E-state index contributed by atoms with van der Waals surface area (Å²) in [5.41, 5.74) is 7.07. The van der Waals surface area contributed by atoms with Crippen LogP contribution in [-0.4, -0.2) is 24.7 Å². The van der Waals surface area contributed by atoms with Crippen LogP contribution in [0.2, 0.25) is 0 Å². The molecule has 4 heteroatoms. The molecule has 0 fully saturated rings. The highest BCUT2D eigenvalue weighted by Gasteiger charge is 2.04. The number of hydrogen-bond donors (Lipinski definition) is 1. The second-order valence-corrected chi connectivity index (χ2v) is 4.17. The average Bonchev–Trinajstić information content (AvgIpc) is 2.15. The molecule has 0 saturated carbocycles. The van der Waals surface area contributed by atoms with Gasteiger partial charge in [0.1, 0.15) is 0 Å². The number of aromatic nitrogens is 1. The Morgan fingerprint density at radius 1 is 1.57 bits per heavy atom. The van der Waals surface area contributed by atoms with Crippen LogP contribution in [0.4, 0.5) is 0 Å². The molecule has 1 atom stereocenters. The van der Waals surface area contributed by atoms with Crippen LogP contribution in [0.1, 0.15) is 12.0 Å². The van der Waals surface area contributed by atoms with Gasteiger partial charge >= 0.3 is 0 Å². The standard InChI is InChI=1S/C10H15BrN2O/c1-14-3-2-10(12)5-8-4-9(11)7-13-6-8/h4,6-7,10H,2-3,5,12H2,1H3. The number of ether oxygens (including phenoxy) is 1. The van der Waals surface area contributed by atoms with Gasteiger partial charge in [-0.15, -0.1) is 0 Å². The fourth-order valence-electron chi connectivity index (χ4n) is 1.24. The summed E-state index contributed by atoms with van der Waals surface area (Å²) < 4.78 is 5.96. The van der Waals surface area contributed by atoms with E-state index in [1.54, 1.807) is 13.3 Å². The molecule has 0 amide bonds. The van der Waals surface area contributed by atoms with Gasteiger partial charge in [0, 0.05) is 36.6 Å². The fourth-order valence-corrected chi connectivity index (χ4v) is 1.65. The van der Waals surface area contributed by atoms with Crippen LogP contribution in [0.3, 0.4) is 0 Å². The minimum absolute atomic E-state index is 0.144. The molecule has 0 aromatic carbocycles. The Morgan fingerprint density at radius 2 is 2.36 bits per heavy atom. The molecule has 1 heterocycles. The maximum Gasteiger partial charge on any atom is 0.0477 e. The lowest BCUT2D eigenvalue weighted by Gasteiger charge is -2.10. The van der Waals surface area contributed by atoms with Gasteiger partial charge in [0.15, 0.2) is 0 Å². The van der Waals surface area contributed by atoms with E-state index in [4.69, 9.17) is 10.5 Å². The zero-order valence-electron chi connectivity index (χ0n) is 8.24. The zero-order chi connectivity index (χ0) is 10.4. The van der Waals surface area contributed by atoms with Crippen LogP contribution in [-0.2, 0) is 11.2 Å². The predicted molar refractivity (Wildman–Crippen MR) is 60.1 cm³/mol. The zero-order valence-corrected chi connectivity index (χ0v) is 9.83. The van der Waals surface area contributed by atoms with Gasteiger partial charge in [-0.25, -0.2) is 0 Å². The van der Waals surface area contributed by atoms with Gasteiger partial charge in [0.05, 0.1) is 0 Å². The van der Waals surface area contributed by atoms with Crippen molar-refractivity contribution in [1.82, 2.24) is 4.98 Å².